The number of aliphatic hydroxyl groups excluding tert-OH is 1. The number of rotatable bonds is 2. The summed E-state index contributed by atoms with van der Waals surface area (Å²) in [6.07, 6.45) is 13.7. The molecule has 0 atom stereocenters. The SMILES string of the molecule is OCCC1=CC=CCCCCC1. The van der Waals surface area contributed by atoms with Crippen LogP contribution in [0.3, 0.4) is 0 Å². The quantitative estimate of drug-likeness (QED) is 0.668. The fourth-order valence-electron chi connectivity index (χ4n) is 1.53. The molecule has 0 amide bonds. The van der Waals surface area contributed by atoms with Crippen LogP contribution in [-0.4, -0.2) is 11.7 Å². The van der Waals surface area contributed by atoms with E-state index < -0.39 is 0 Å². The van der Waals surface area contributed by atoms with Crippen LogP contribution in [0.2, 0.25) is 0 Å². The summed E-state index contributed by atoms with van der Waals surface area (Å²) in [6, 6.07) is 0. The van der Waals surface area contributed by atoms with Gasteiger partial charge in [-0.15, -0.1) is 0 Å². The second-order valence-electron chi connectivity index (χ2n) is 3.33. The van der Waals surface area contributed by atoms with E-state index in [1.807, 2.05) is 0 Å². The lowest BCUT2D eigenvalue weighted by molar-refractivity contribution is 0.297. The van der Waals surface area contributed by atoms with Gasteiger partial charge in [-0.3, -0.25) is 0 Å². The summed E-state index contributed by atoms with van der Waals surface area (Å²) in [6.45, 7) is 0.291. The zero-order valence-corrected chi connectivity index (χ0v) is 7.63. The molecule has 0 spiro atoms. The highest BCUT2D eigenvalue weighted by Crippen LogP contribution is 2.15. The molecule has 12 heavy (non-hydrogen) atoms. The van der Waals surface area contributed by atoms with Crippen molar-refractivity contribution in [3.63, 3.8) is 0 Å². The molecular weight excluding hydrogens is 148 g/mol. The molecule has 1 aliphatic rings. The van der Waals surface area contributed by atoms with Crippen molar-refractivity contribution >= 4 is 0 Å². The molecule has 0 bridgehead atoms. The van der Waals surface area contributed by atoms with Crippen LogP contribution in [0, 0.1) is 0 Å². The molecule has 0 radical (unpaired) electrons. The van der Waals surface area contributed by atoms with Crippen LogP contribution in [0.15, 0.2) is 23.8 Å². The van der Waals surface area contributed by atoms with Gasteiger partial charge < -0.3 is 5.11 Å². The zero-order chi connectivity index (χ0) is 8.65. The van der Waals surface area contributed by atoms with Crippen LogP contribution in [0.4, 0.5) is 0 Å². The van der Waals surface area contributed by atoms with Crippen LogP contribution >= 0.6 is 0 Å². The number of aliphatic hydroxyl groups is 1. The van der Waals surface area contributed by atoms with Crippen molar-refractivity contribution in [1.82, 2.24) is 0 Å². The van der Waals surface area contributed by atoms with Crippen molar-refractivity contribution in [1.29, 1.82) is 0 Å². The van der Waals surface area contributed by atoms with Crippen LogP contribution in [-0.2, 0) is 0 Å². The van der Waals surface area contributed by atoms with Gasteiger partial charge in [-0.1, -0.05) is 30.2 Å². The molecule has 0 fully saturated rings. The molecule has 1 N–H and O–H groups in total. The Balaban J connectivity index is 2.43. The molecule has 0 aromatic rings. The van der Waals surface area contributed by atoms with Crippen LogP contribution in [0.5, 0.6) is 0 Å². The summed E-state index contributed by atoms with van der Waals surface area (Å²) in [4.78, 5) is 0. The van der Waals surface area contributed by atoms with E-state index >= 15 is 0 Å². The number of hydrogen-bond acceptors (Lipinski definition) is 1. The predicted molar refractivity (Wildman–Crippen MR) is 52.0 cm³/mol. The fraction of sp³-hybridized carbons (Fsp3) is 0.636. The van der Waals surface area contributed by atoms with Gasteiger partial charge in [0.25, 0.3) is 0 Å². The molecule has 0 heterocycles. The molecule has 0 aliphatic heterocycles. The van der Waals surface area contributed by atoms with Crippen LogP contribution < -0.4 is 0 Å². The number of allylic oxidation sites excluding steroid dienone is 3. The van der Waals surface area contributed by atoms with E-state index in [1.165, 1.54) is 37.7 Å². The highest BCUT2D eigenvalue weighted by Gasteiger charge is 1.97. The highest BCUT2D eigenvalue weighted by atomic mass is 16.2. The smallest absolute Gasteiger partial charge is 0.0468 e. The van der Waals surface area contributed by atoms with Crippen LogP contribution in [0.25, 0.3) is 0 Å². The van der Waals surface area contributed by atoms with Crippen molar-refractivity contribution in [3.8, 4) is 0 Å². The molecular formula is C11H18O. The van der Waals surface area contributed by atoms with Crippen molar-refractivity contribution in [2.24, 2.45) is 0 Å². The standard InChI is InChI=1S/C11H18O/c12-10-9-11-7-5-3-1-2-4-6-8-11/h3,5,7,12H,1-2,4,6,8-10H2. The molecule has 0 unspecified atom stereocenters. The Morgan fingerprint density at radius 1 is 1.25 bits per heavy atom. The minimum Gasteiger partial charge on any atom is -0.396 e. The largest absolute Gasteiger partial charge is 0.396 e. The lowest BCUT2D eigenvalue weighted by atomic mass is 10.1. The first-order valence-corrected chi connectivity index (χ1v) is 4.89. The topological polar surface area (TPSA) is 20.2 Å². The maximum atomic E-state index is 8.79. The molecule has 1 rings (SSSR count). The van der Waals surface area contributed by atoms with Crippen LogP contribution in [0.1, 0.15) is 38.5 Å². The Morgan fingerprint density at radius 3 is 3.00 bits per heavy atom. The third-order valence-corrected chi connectivity index (χ3v) is 2.27. The molecule has 68 valence electrons. The number of hydrogen-bond donors (Lipinski definition) is 1. The molecule has 1 heteroatoms. The van der Waals surface area contributed by atoms with E-state index in [1.54, 1.807) is 0 Å². The molecule has 1 aliphatic carbocycles. The van der Waals surface area contributed by atoms with E-state index in [0.29, 0.717) is 6.61 Å². The van der Waals surface area contributed by atoms with Crippen molar-refractivity contribution in [2.45, 2.75) is 38.5 Å². The maximum absolute atomic E-state index is 8.79. The van der Waals surface area contributed by atoms with Crippen molar-refractivity contribution < 1.29 is 5.11 Å². The van der Waals surface area contributed by atoms with Crippen molar-refractivity contribution in [2.75, 3.05) is 6.61 Å². The summed E-state index contributed by atoms with van der Waals surface area (Å²) < 4.78 is 0. The van der Waals surface area contributed by atoms with Gasteiger partial charge in [-0.05, 0) is 32.1 Å². The Labute approximate surface area is 74.8 Å². The van der Waals surface area contributed by atoms with E-state index in [4.69, 9.17) is 5.11 Å². The van der Waals surface area contributed by atoms with E-state index in [2.05, 4.69) is 18.2 Å². The molecule has 0 aromatic heterocycles. The van der Waals surface area contributed by atoms with Gasteiger partial charge >= 0.3 is 0 Å². The molecule has 1 nitrogen and oxygen atoms in total. The molecule has 0 saturated heterocycles. The van der Waals surface area contributed by atoms with Gasteiger partial charge in [0.2, 0.25) is 0 Å². The van der Waals surface area contributed by atoms with Gasteiger partial charge in [0.1, 0.15) is 0 Å². The maximum Gasteiger partial charge on any atom is 0.0468 e. The first-order valence-electron chi connectivity index (χ1n) is 4.89. The average Bonchev–Trinajstić information content (AvgIpc) is 2.19. The molecule has 0 saturated carbocycles. The minimum absolute atomic E-state index is 0.291. The zero-order valence-electron chi connectivity index (χ0n) is 7.63. The van der Waals surface area contributed by atoms with Gasteiger partial charge in [-0.25, -0.2) is 0 Å². The summed E-state index contributed by atoms with van der Waals surface area (Å²) in [7, 11) is 0. The first-order chi connectivity index (χ1) is 5.93. The molecule has 0 aromatic carbocycles. The Kier molecular flexibility index (Phi) is 4.77. The normalized spacial score (nSPS) is 19.2. The van der Waals surface area contributed by atoms with E-state index in [9.17, 15) is 0 Å². The Bertz CT molecular complexity index is 168. The van der Waals surface area contributed by atoms with Gasteiger partial charge in [0.05, 0.1) is 0 Å². The monoisotopic (exact) mass is 166 g/mol. The fourth-order valence-corrected chi connectivity index (χ4v) is 1.53. The lowest BCUT2D eigenvalue weighted by Gasteiger charge is -2.02. The van der Waals surface area contributed by atoms with Gasteiger partial charge in [0.15, 0.2) is 0 Å². The Hall–Kier alpha value is -0.560. The van der Waals surface area contributed by atoms with E-state index in [-0.39, 0.29) is 0 Å². The summed E-state index contributed by atoms with van der Waals surface area (Å²) in [5, 5.41) is 8.79. The summed E-state index contributed by atoms with van der Waals surface area (Å²) in [5.74, 6) is 0. The summed E-state index contributed by atoms with van der Waals surface area (Å²) >= 11 is 0. The summed E-state index contributed by atoms with van der Waals surface area (Å²) in [5.41, 5.74) is 1.40. The minimum atomic E-state index is 0.291. The van der Waals surface area contributed by atoms with E-state index in [0.717, 1.165) is 6.42 Å². The first kappa shape index (κ1) is 9.53. The average molecular weight is 166 g/mol. The third kappa shape index (κ3) is 3.72. The van der Waals surface area contributed by atoms with Gasteiger partial charge in [0, 0.05) is 6.61 Å². The predicted octanol–water partition coefficient (Wildman–Crippen LogP) is 2.82. The lowest BCUT2D eigenvalue weighted by Crippen LogP contribution is -1.88. The second kappa shape index (κ2) is 6.01. The highest BCUT2D eigenvalue weighted by molar-refractivity contribution is 5.13. The van der Waals surface area contributed by atoms with Gasteiger partial charge in [-0.2, -0.15) is 0 Å². The van der Waals surface area contributed by atoms with Crippen molar-refractivity contribution in [3.05, 3.63) is 23.8 Å². The third-order valence-electron chi connectivity index (χ3n) is 2.27. The second-order valence-corrected chi connectivity index (χ2v) is 3.33. The Morgan fingerprint density at radius 2 is 2.17 bits per heavy atom.